The second-order valence-corrected chi connectivity index (χ2v) is 5.71. The summed E-state index contributed by atoms with van der Waals surface area (Å²) in [5.41, 5.74) is 8.69. The third kappa shape index (κ3) is 2.36. The highest BCUT2D eigenvalue weighted by Crippen LogP contribution is 2.31. The second kappa shape index (κ2) is 5.04. The number of nitrogens with zero attached hydrogens (tertiary/aromatic N) is 2. The average molecular weight is 304 g/mol. The van der Waals surface area contributed by atoms with E-state index in [-0.39, 0.29) is 11.7 Å². The highest BCUT2D eigenvalue weighted by atomic mass is 35.5. The zero-order valence-corrected chi connectivity index (χ0v) is 12.5. The van der Waals surface area contributed by atoms with Gasteiger partial charge in [0.25, 0.3) is 0 Å². The highest BCUT2D eigenvalue weighted by Gasteiger charge is 2.17. The van der Waals surface area contributed by atoms with Gasteiger partial charge in [-0.3, -0.25) is 4.57 Å². The molecule has 0 aliphatic carbocycles. The lowest BCUT2D eigenvalue weighted by molar-refractivity contribution is 0.626. The van der Waals surface area contributed by atoms with E-state index in [4.69, 9.17) is 17.3 Å². The summed E-state index contributed by atoms with van der Waals surface area (Å²) in [5.74, 6) is 0.655. The van der Waals surface area contributed by atoms with Crippen molar-refractivity contribution in [3.63, 3.8) is 0 Å². The fraction of sp³-hybridized carbons (Fsp3) is 0.188. The summed E-state index contributed by atoms with van der Waals surface area (Å²) in [6, 6.07) is 9.82. The van der Waals surface area contributed by atoms with Crippen molar-refractivity contribution in [1.29, 1.82) is 0 Å². The molecule has 1 heterocycles. The Morgan fingerprint density at radius 2 is 1.95 bits per heavy atom. The van der Waals surface area contributed by atoms with Gasteiger partial charge in [0.15, 0.2) is 0 Å². The Labute approximate surface area is 127 Å². The van der Waals surface area contributed by atoms with Gasteiger partial charge in [-0.2, -0.15) is 0 Å². The van der Waals surface area contributed by atoms with Crippen LogP contribution in [-0.4, -0.2) is 9.55 Å². The van der Waals surface area contributed by atoms with E-state index < -0.39 is 0 Å². The molecule has 0 spiro atoms. The van der Waals surface area contributed by atoms with Crippen LogP contribution in [-0.2, 0) is 0 Å². The zero-order chi connectivity index (χ0) is 15.1. The van der Waals surface area contributed by atoms with E-state index in [0.29, 0.717) is 16.4 Å². The van der Waals surface area contributed by atoms with Crippen LogP contribution in [0.4, 0.5) is 10.1 Å². The molecule has 0 saturated carbocycles. The van der Waals surface area contributed by atoms with Crippen molar-refractivity contribution in [2.24, 2.45) is 0 Å². The van der Waals surface area contributed by atoms with Gasteiger partial charge in [0.05, 0.1) is 21.7 Å². The van der Waals surface area contributed by atoms with E-state index in [9.17, 15) is 4.39 Å². The number of fused-ring (bicyclic) bond motifs is 1. The topological polar surface area (TPSA) is 43.8 Å². The normalized spacial score (nSPS) is 11.5. The quantitative estimate of drug-likeness (QED) is 0.707. The lowest BCUT2D eigenvalue weighted by atomic mass is 10.2. The molecule has 0 atom stereocenters. The molecule has 0 radical (unpaired) electrons. The molecular weight excluding hydrogens is 289 g/mol. The van der Waals surface area contributed by atoms with Crippen molar-refractivity contribution >= 4 is 28.3 Å². The van der Waals surface area contributed by atoms with Gasteiger partial charge in [-0.1, -0.05) is 25.4 Å². The summed E-state index contributed by atoms with van der Waals surface area (Å²) < 4.78 is 15.5. The first-order valence-corrected chi connectivity index (χ1v) is 7.08. The van der Waals surface area contributed by atoms with E-state index in [2.05, 4.69) is 4.98 Å². The molecule has 0 aliphatic heterocycles. The van der Waals surface area contributed by atoms with Crippen LogP contribution in [0, 0.1) is 5.82 Å². The van der Waals surface area contributed by atoms with Crippen LogP contribution in [0.1, 0.15) is 25.6 Å². The predicted molar refractivity (Wildman–Crippen MR) is 84.5 cm³/mol. The molecule has 0 amide bonds. The van der Waals surface area contributed by atoms with Gasteiger partial charge >= 0.3 is 0 Å². The van der Waals surface area contributed by atoms with Crippen molar-refractivity contribution in [3.05, 3.63) is 53.1 Å². The van der Waals surface area contributed by atoms with Gasteiger partial charge in [0.1, 0.15) is 11.6 Å². The largest absolute Gasteiger partial charge is 0.399 e. The predicted octanol–water partition coefficient (Wildman–Crippen LogP) is 4.52. The number of halogens is 2. The molecule has 0 unspecified atom stereocenters. The minimum absolute atomic E-state index is 0.165. The molecule has 0 aliphatic rings. The molecule has 3 nitrogen and oxygen atoms in total. The number of nitrogens with two attached hydrogens (primary N) is 1. The molecule has 3 aromatic rings. The maximum atomic E-state index is 13.6. The fourth-order valence-electron chi connectivity index (χ4n) is 2.41. The Hall–Kier alpha value is -2.07. The fourth-order valence-corrected chi connectivity index (χ4v) is 2.62. The van der Waals surface area contributed by atoms with Crippen LogP contribution in [0.15, 0.2) is 36.4 Å². The maximum Gasteiger partial charge on any atom is 0.125 e. The molecule has 3 rings (SSSR count). The summed E-state index contributed by atoms with van der Waals surface area (Å²) in [5, 5.41) is 0.481. The summed E-state index contributed by atoms with van der Waals surface area (Å²) >= 11 is 6.26. The smallest absolute Gasteiger partial charge is 0.125 e. The summed E-state index contributed by atoms with van der Waals surface area (Å²) in [7, 11) is 0. The number of rotatable bonds is 2. The second-order valence-electron chi connectivity index (χ2n) is 5.30. The number of nitrogen functional groups attached to an aromatic ring is 1. The van der Waals surface area contributed by atoms with E-state index in [1.807, 2.05) is 30.5 Å². The van der Waals surface area contributed by atoms with Gasteiger partial charge in [-0.15, -0.1) is 0 Å². The minimum Gasteiger partial charge on any atom is -0.399 e. The van der Waals surface area contributed by atoms with Crippen LogP contribution < -0.4 is 5.73 Å². The Morgan fingerprint density at radius 3 is 2.67 bits per heavy atom. The summed E-state index contributed by atoms with van der Waals surface area (Å²) in [6.07, 6.45) is 0. The number of hydrogen-bond acceptors (Lipinski definition) is 2. The first-order chi connectivity index (χ1) is 9.97. The first kappa shape index (κ1) is 13.9. The SMILES string of the molecule is CC(C)c1nc2cc(N)ccc2n1-c1cc(F)ccc1Cl. The summed E-state index contributed by atoms with van der Waals surface area (Å²) in [6.45, 7) is 4.07. The van der Waals surface area contributed by atoms with Crippen molar-refractivity contribution in [2.45, 2.75) is 19.8 Å². The van der Waals surface area contributed by atoms with Crippen molar-refractivity contribution in [1.82, 2.24) is 9.55 Å². The van der Waals surface area contributed by atoms with Crippen LogP contribution >= 0.6 is 11.6 Å². The maximum absolute atomic E-state index is 13.6. The van der Waals surface area contributed by atoms with Crippen LogP contribution in [0.2, 0.25) is 5.02 Å². The zero-order valence-electron chi connectivity index (χ0n) is 11.8. The van der Waals surface area contributed by atoms with Gasteiger partial charge in [0.2, 0.25) is 0 Å². The Morgan fingerprint density at radius 1 is 1.19 bits per heavy atom. The molecule has 108 valence electrons. The average Bonchev–Trinajstić information content (AvgIpc) is 2.80. The van der Waals surface area contributed by atoms with Crippen molar-refractivity contribution in [2.75, 3.05) is 5.73 Å². The lowest BCUT2D eigenvalue weighted by Gasteiger charge is -2.13. The van der Waals surface area contributed by atoms with Gasteiger partial charge in [0, 0.05) is 11.6 Å². The van der Waals surface area contributed by atoms with Crippen molar-refractivity contribution < 1.29 is 4.39 Å². The lowest BCUT2D eigenvalue weighted by Crippen LogP contribution is -2.04. The number of hydrogen-bond donors (Lipinski definition) is 1. The molecule has 0 bridgehead atoms. The van der Waals surface area contributed by atoms with Crippen LogP contribution in [0.25, 0.3) is 16.7 Å². The van der Waals surface area contributed by atoms with Crippen LogP contribution in [0.5, 0.6) is 0 Å². The third-order valence-corrected chi connectivity index (χ3v) is 3.69. The molecule has 2 N–H and O–H groups in total. The molecule has 2 aromatic carbocycles. The molecule has 0 fully saturated rings. The Kier molecular flexibility index (Phi) is 3.33. The molecule has 5 heteroatoms. The van der Waals surface area contributed by atoms with Gasteiger partial charge < -0.3 is 5.73 Å². The van der Waals surface area contributed by atoms with Gasteiger partial charge in [-0.25, -0.2) is 9.37 Å². The third-order valence-electron chi connectivity index (χ3n) is 3.37. The molecule has 1 aromatic heterocycles. The highest BCUT2D eigenvalue weighted by molar-refractivity contribution is 6.32. The van der Waals surface area contributed by atoms with Gasteiger partial charge in [-0.05, 0) is 36.4 Å². The van der Waals surface area contributed by atoms with Crippen molar-refractivity contribution in [3.8, 4) is 5.69 Å². The van der Waals surface area contributed by atoms with E-state index >= 15 is 0 Å². The molecule has 21 heavy (non-hydrogen) atoms. The van der Waals surface area contributed by atoms with E-state index in [0.717, 1.165) is 16.9 Å². The summed E-state index contributed by atoms with van der Waals surface area (Å²) in [4.78, 5) is 4.62. The minimum atomic E-state index is -0.332. The first-order valence-electron chi connectivity index (χ1n) is 6.70. The number of anilines is 1. The Balaban J connectivity index is 2.39. The number of imidazole rings is 1. The molecule has 0 saturated heterocycles. The number of aromatic nitrogens is 2. The monoisotopic (exact) mass is 303 g/mol. The standard InChI is InChI=1S/C16H15ClFN3/c1-9(2)16-20-13-8-11(19)4-6-14(13)21(16)15-7-10(18)3-5-12(15)17/h3-9H,19H2,1-2H3. The van der Waals surface area contributed by atoms with E-state index in [1.165, 1.54) is 12.1 Å². The van der Waals surface area contributed by atoms with Crippen LogP contribution in [0.3, 0.4) is 0 Å². The number of benzene rings is 2. The Bertz CT molecular complexity index is 824. The molecular formula is C16H15ClFN3. The van der Waals surface area contributed by atoms with E-state index in [1.54, 1.807) is 12.1 Å².